The van der Waals surface area contributed by atoms with E-state index < -0.39 is 0 Å². The highest BCUT2D eigenvalue weighted by molar-refractivity contribution is 7.15. The molecule has 1 saturated heterocycles. The van der Waals surface area contributed by atoms with Crippen molar-refractivity contribution in [3.8, 4) is 10.6 Å². The van der Waals surface area contributed by atoms with Crippen molar-refractivity contribution >= 4 is 17.0 Å². The number of aromatic nitrogens is 4. The van der Waals surface area contributed by atoms with Gasteiger partial charge in [0.25, 0.3) is 0 Å². The van der Waals surface area contributed by atoms with Crippen molar-refractivity contribution in [2.24, 2.45) is 0 Å². The van der Waals surface area contributed by atoms with Gasteiger partial charge in [-0.3, -0.25) is 9.30 Å². The van der Waals surface area contributed by atoms with Crippen LogP contribution in [-0.2, 0) is 6.54 Å². The summed E-state index contributed by atoms with van der Waals surface area (Å²) < 4.78 is 2.14. The Kier molecular flexibility index (Phi) is 4.66. The van der Waals surface area contributed by atoms with Crippen LogP contribution in [0.4, 0.5) is 0 Å². The van der Waals surface area contributed by atoms with Gasteiger partial charge in [-0.2, -0.15) is 0 Å². The molecule has 0 N–H and O–H groups in total. The van der Waals surface area contributed by atoms with Gasteiger partial charge in [0.1, 0.15) is 10.8 Å². The molecule has 1 aromatic carbocycles. The predicted octanol–water partition coefficient (Wildman–Crippen LogP) is 4.54. The van der Waals surface area contributed by atoms with Crippen molar-refractivity contribution in [3.63, 3.8) is 0 Å². The molecule has 1 aliphatic rings. The van der Waals surface area contributed by atoms with Crippen LogP contribution in [-0.4, -0.2) is 37.6 Å². The fourth-order valence-corrected chi connectivity index (χ4v) is 4.94. The summed E-state index contributed by atoms with van der Waals surface area (Å²) in [4.78, 5) is 8.51. The Bertz CT molecular complexity index is 1080. The van der Waals surface area contributed by atoms with E-state index in [4.69, 9.17) is 0 Å². The topological polar surface area (TPSA) is 46.3 Å². The standard InChI is InChI=1S/C22H23N5S/c1-16-7-9-17(10-8-16)22-23-13-19(28-22)15-26-11-4-5-18(14-26)21-25-24-20-6-2-3-12-27(20)21/h2-3,6-10,12-13,18H,4-5,11,14-15H2,1H3/t18-/m1/s1. The molecule has 0 radical (unpaired) electrons. The van der Waals surface area contributed by atoms with E-state index in [1.165, 1.54) is 28.8 Å². The lowest BCUT2D eigenvalue weighted by Crippen LogP contribution is -2.34. The minimum Gasteiger partial charge on any atom is -0.297 e. The van der Waals surface area contributed by atoms with Crippen LogP contribution in [0, 0.1) is 6.92 Å². The van der Waals surface area contributed by atoms with E-state index in [0.29, 0.717) is 5.92 Å². The van der Waals surface area contributed by atoms with Gasteiger partial charge in [0.2, 0.25) is 0 Å². The summed E-state index contributed by atoms with van der Waals surface area (Å²) >= 11 is 1.80. The Balaban J connectivity index is 1.30. The molecule has 0 spiro atoms. The second-order valence-corrected chi connectivity index (χ2v) is 8.67. The third-order valence-corrected chi connectivity index (χ3v) is 6.47. The molecule has 0 unspecified atom stereocenters. The first-order chi connectivity index (χ1) is 13.8. The highest BCUT2D eigenvalue weighted by Crippen LogP contribution is 2.30. The van der Waals surface area contributed by atoms with Crippen molar-refractivity contribution in [2.75, 3.05) is 13.1 Å². The van der Waals surface area contributed by atoms with E-state index in [-0.39, 0.29) is 0 Å². The zero-order valence-corrected chi connectivity index (χ0v) is 16.8. The highest BCUT2D eigenvalue weighted by atomic mass is 32.1. The number of pyridine rings is 1. The van der Waals surface area contributed by atoms with Gasteiger partial charge in [-0.25, -0.2) is 4.98 Å². The van der Waals surface area contributed by atoms with E-state index in [1.54, 1.807) is 11.3 Å². The number of fused-ring (bicyclic) bond motifs is 1. The lowest BCUT2D eigenvalue weighted by molar-refractivity contribution is 0.197. The van der Waals surface area contributed by atoms with Gasteiger partial charge < -0.3 is 0 Å². The van der Waals surface area contributed by atoms with E-state index in [1.807, 2.05) is 24.4 Å². The van der Waals surface area contributed by atoms with Crippen LogP contribution in [0.25, 0.3) is 16.2 Å². The minimum atomic E-state index is 0.427. The molecule has 4 heterocycles. The Morgan fingerprint density at radius 3 is 2.89 bits per heavy atom. The number of piperidine rings is 1. The number of likely N-dealkylation sites (tertiary alicyclic amines) is 1. The average Bonchev–Trinajstić information content (AvgIpc) is 3.36. The summed E-state index contributed by atoms with van der Waals surface area (Å²) in [5.74, 6) is 1.51. The second kappa shape index (κ2) is 7.45. The van der Waals surface area contributed by atoms with E-state index in [2.05, 4.69) is 61.9 Å². The molecular formula is C22H23N5S. The lowest BCUT2D eigenvalue weighted by atomic mass is 9.97. The van der Waals surface area contributed by atoms with Crippen LogP contribution in [0.15, 0.2) is 54.9 Å². The van der Waals surface area contributed by atoms with Crippen molar-refractivity contribution in [3.05, 3.63) is 71.1 Å². The van der Waals surface area contributed by atoms with Crippen LogP contribution in [0.1, 0.15) is 35.0 Å². The van der Waals surface area contributed by atoms with E-state index in [0.717, 1.165) is 36.1 Å². The van der Waals surface area contributed by atoms with Gasteiger partial charge in [0.05, 0.1) is 0 Å². The first kappa shape index (κ1) is 17.5. The van der Waals surface area contributed by atoms with Crippen LogP contribution >= 0.6 is 11.3 Å². The number of rotatable bonds is 4. The van der Waals surface area contributed by atoms with Gasteiger partial charge >= 0.3 is 0 Å². The predicted molar refractivity (Wildman–Crippen MR) is 113 cm³/mol. The number of hydrogen-bond acceptors (Lipinski definition) is 5. The number of aryl methyl sites for hydroxylation is 1. The molecule has 5 nitrogen and oxygen atoms in total. The van der Waals surface area contributed by atoms with Gasteiger partial charge in [-0.05, 0) is 38.4 Å². The molecule has 0 bridgehead atoms. The first-order valence-electron chi connectivity index (χ1n) is 9.80. The molecule has 4 aromatic rings. The van der Waals surface area contributed by atoms with Gasteiger partial charge in [0, 0.05) is 41.8 Å². The molecule has 1 aliphatic heterocycles. The highest BCUT2D eigenvalue weighted by Gasteiger charge is 2.25. The molecule has 5 rings (SSSR count). The smallest absolute Gasteiger partial charge is 0.160 e. The largest absolute Gasteiger partial charge is 0.297 e. The molecule has 0 aliphatic carbocycles. The fraction of sp³-hybridized carbons (Fsp3) is 0.318. The summed E-state index contributed by atoms with van der Waals surface area (Å²) in [6.45, 7) is 5.22. The zero-order chi connectivity index (χ0) is 18.9. The normalized spacial score (nSPS) is 18.0. The molecule has 6 heteroatoms. The molecule has 0 amide bonds. The second-order valence-electron chi connectivity index (χ2n) is 7.56. The molecule has 142 valence electrons. The summed E-state index contributed by atoms with van der Waals surface area (Å²) in [5, 5.41) is 9.92. The number of benzene rings is 1. The molecule has 1 fully saturated rings. The molecular weight excluding hydrogens is 366 g/mol. The number of nitrogens with zero attached hydrogens (tertiary/aromatic N) is 5. The van der Waals surface area contributed by atoms with Gasteiger partial charge in [-0.15, -0.1) is 21.5 Å². The molecule has 1 atom stereocenters. The van der Waals surface area contributed by atoms with Crippen molar-refractivity contribution in [1.29, 1.82) is 0 Å². The fourth-order valence-electron chi connectivity index (χ4n) is 3.98. The molecule has 0 saturated carbocycles. The van der Waals surface area contributed by atoms with Crippen LogP contribution in [0.2, 0.25) is 0 Å². The first-order valence-corrected chi connectivity index (χ1v) is 10.6. The SMILES string of the molecule is Cc1ccc(-c2ncc(CN3CCC[C@@H](c4nnc5ccccn45)C3)s2)cc1. The minimum absolute atomic E-state index is 0.427. The summed E-state index contributed by atoms with van der Waals surface area (Å²) in [7, 11) is 0. The third-order valence-electron chi connectivity index (χ3n) is 5.44. The number of hydrogen-bond donors (Lipinski definition) is 0. The Morgan fingerprint density at radius 2 is 2.00 bits per heavy atom. The zero-order valence-electron chi connectivity index (χ0n) is 16.0. The molecule has 3 aromatic heterocycles. The monoisotopic (exact) mass is 389 g/mol. The van der Waals surface area contributed by atoms with Crippen molar-refractivity contribution in [1.82, 2.24) is 24.5 Å². The maximum absolute atomic E-state index is 4.66. The third kappa shape index (κ3) is 3.45. The van der Waals surface area contributed by atoms with Crippen molar-refractivity contribution < 1.29 is 0 Å². The van der Waals surface area contributed by atoms with Crippen molar-refractivity contribution in [2.45, 2.75) is 32.2 Å². The lowest BCUT2D eigenvalue weighted by Gasteiger charge is -2.31. The molecule has 28 heavy (non-hydrogen) atoms. The maximum Gasteiger partial charge on any atom is 0.160 e. The Hall–Kier alpha value is -2.57. The van der Waals surface area contributed by atoms with Gasteiger partial charge in [0.15, 0.2) is 5.65 Å². The van der Waals surface area contributed by atoms with Gasteiger partial charge in [-0.1, -0.05) is 35.9 Å². The van der Waals surface area contributed by atoms with Crippen LogP contribution in [0.5, 0.6) is 0 Å². The Morgan fingerprint density at radius 1 is 1.11 bits per heavy atom. The van der Waals surface area contributed by atoms with E-state index >= 15 is 0 Å². The average molecular weight is 390 g/mol. The van der Waals surface area contributed by atoms with Crippen LogP contribution < -0.4 is 0 Å². The number of thiazole rings is 1. The Labute approximate surface area is 168 Å². The summed E-state index contributed by atoms with van der Waals surface area (Å²) in [6, 6.07) is 14.7. The quantitative estimate of drug-likeness (QED) is 0.514. The van der Waals surface area contributed by atoms with Crippen LogP contribution in [0.3, 0.4) is 0 Å². The summed E-state index contributed by atoms with van der Waals surface area (Å²) in [5.41, 5.74) is 3.41. The van der Waals surface area contributed by atoms with E-state index in [9.17, 15) is 0 Å². The summed E-state index contributed by atoms with van der Waals surface area (Å²) in [6.07, 6.45) is 6.47. The maximum atomic E-state index is 4.66.